The lowest BCUT2D eigenvalue weighted by Gasteiger charge is -2.39. The van der Waals surface area contributed by atoms with Gasteiger partial charge < -0.3 is 10.6 Å². The van der Waals surface area contributed by atoms with Crippen molar-refractivity contribution in [3.05, 3.63) is 23.9 Å². The topological polar surface area (TPSA) is 42.2 Å². The van der Waals surface area contributed by atoms with Gasteiger partial charge in [-0.3, -0.25) is 0 Å². The molecule has 2 N–H and O–H groups in total. The van der Waals surface area contributed by atoms with E-state index in [1.807, 2.05) is 12.3 Å². The molecule has 0 atom stereocenters. The second kappa shape index (κ2) is 4.42. The Morgan fingerprint density at radius 3 is 2.69 bits per heavy atom. The highest BCUT2D eigenvalue weighted by atomic mass is 15.2. The molecule has 1 aromatic heterocycles. The van der Waals surface area contributed by atoms with Crippen LogP contribution in [0.4, 0.5) is 5.82 Å². The number of aryl methyl sites for hydroxylation is 1. The molecular formula is C13H21N3. The van der Waals surface area contributed by atoms with Gasteiger partial charge in [0.15, 0.2) is 0 Å². The third kappa shape index (κ3) is 2.35. The molecule has 1 saturated heterocycles. The number of aromatic nitrogens is 1. The molecule has 0 unspecified atom stereocenters. The number of anilines is 1. The zero-order valence-electron chi connectivity index (χ0n) is 10.2. The lowest BCUT2D eigenvalue weighted by atomic mass is 9.80. The van der Waals surface area contributed by atoms with Crippen LogP contribution >= 0.6 is 0 Å². The summed E-state index contributed by atoms with van der Waals surface area (Å²) < 4.78 is 0. The largest absolute Gasteiger partial charge is 0.357 e. The average Bonchev–Trinajstić information content (AvgIpc) is 2.30. The van der Waals surface area contributed by atoms with E-state index in [0.29, 0.717) is 5.41 Å². The van der Waals surface area contributed by atoms with Gasteiger partial charge in [0.1, 0.15) is 5.82 Å². The zero-order chi connectivity index (χ0) is 11.6. The number of rotatable bonds is 2. The van der Waals surface area contributed by atoms with Crippen LogP contribution in [0, 0.1) is 12.3 Å². The number of nitrogens with zero attached hydrogens (tertiary/aromatic N) is 2. The predicted molar refractivity (Wildman–Crippen MR) is 67.6 cm³/mol. The van der Waals surface area contributed by atoms with Crippen LogP contribution < -0.4 is 10.6 Å². The molecule has 0 amide bonds. The van der Waals surface area contributed by atoms with Gasteiger partial charge in [0.05, 0.1) is 0 Å². The molecule has 0 radical (unpaired) electrons. The van der Waals surface area contributed by atoms with Gasteiger partial charge in [0, 0.05) is 19.3 Å². The SMILES string of the molecule is Cc1ccnc(N2CCC(C)(CN)CC2)c1. The molecule has 0 bridgehead atoms. The van der Waals surface area contributed by atoms with E-state index in [1.54, 1.807) is 0 Å². The van der Waals surface area contributed by atoms with E-state index >= 15 is 0 Å². The van der Waals surface area contributed by atoms with Gasteiger partial charge in [-0.15, -0.1) is 0 Å². The van der Waals surface area contributed by atoms with E-state index < -0.39 is 0 Å². The first kappa shape index (κ1) is 11.4. The highest BCUT2D eigenvalue weighted by molar-refractivity contribution is 5.41. The van der Waals surface area contributed by atoms with Crippen molar-refractivity contribution in [2.75, 3.05) is 24.5 Å². The summed E-state index contributed by atoms with van der Waals surface area (Å²) in [6.07, 6.45) is 4.22. The summed E-state index contributed by atoms with van der Waals surface area (Å²) in [6, 6.07) is 4.20. The number of hydrogen-bond donors (Lipinski definition) is 1. The van der Waals surface area contributed by atoms with Gasteiger partial charge in [0.25, 0.3) is 0 Å². The maximum absolute atomic E-state index is 5.81. The van der Waals surface area contributed by atoms with Gasteiger partial charge in [-0.2, -0.15) is 0 Å². The summed E-state index contributed by atoms with van der Waals surface area (Å²) in [4.78, 5) is 6.80. The Labute approximate surface area is 97.7 Å². The number of pyridine rings is 1. The molecule has 88 valence electrons. The Hall–Kier alpha value is -1.09. The zero-order valence-corrected chi connectivity index (χ0v) is 10.2. The summed E-state index contributed by atoms with van der Waals surface area (Å²) in [6.45, 7) is 7.34. The van der Waals surface area contributed by atoms with Crippen molar-refractivity contribution in [2.24, 2.45) is 11.1 Å². The van der Waals surface area contributed by atoms with E-state index in [0.717, 1.165) is 25.5 Å². The van der Waals surface area contributed by atoms with E-state index in [4.69, 9.17) is 5.73 Å². The molecule has 0 aliphatic carbocycles. The Balaban J connectivity index is 2.04. The standard InChI is InChI=1S/C13H21N3/c1-11-3-6-15-12(9-11)16-7-4-13(2,10-14)5-8-16/h3,6,9H,4-5,7-8,10,14H2,1-2H3. The second-order valence-electron chi connectivity index (χ2n) is 5.19. The first-order valence-electron chi connectivity index (χ1n) is 6.01. The molecule has 2 rings (SSSR count). The molecule has 2 heterocycles. The number of hydrogen-bond acceptors (Lipinski definition) is 3. The van der Waals surface area contributed by atoms with Crippen LogP contribution in [0.2, 0.25) is 0 Å². The summed E-state index contributed by atoms with van der Waals surface area (Å²) >= 11 is 0. The fourth-order valence-corrected chi connectivity index (χ4v) is 2.17. The van der Waals surface area contributed by atoms with Crippen LogP contribution in [0.1, 0.15) is 25.3 Å². The smallest absolute Gasteiger partial charge is 0.128 e. The fraction of sp³-hybridized carbons (Fsp3) is 0.615. The highest BCUT2D eigenvalue weighted by Crippen LogP contribution is 2.31. The van der Waals surface area contributed by atoms with Crippen molar-refractivity contribution in [1.29, 1.82) is 0 Å². The molecule has 1 aliphatic heterocycles. The Morgan fingerprint density at radius 1 is 1.44 bits per heavy atom. The summed E-state index contributed by atoms with van der Waals surface area (Å²) in [7, 11) is 0. The van der Waals surface area contributed by atoms with Crippen molar-refractivity contribution in [2.45, 2.75) is 26.7 Å². The van der Waals surface area contributed by atoms with Gasteiger partial charge in [-0.05, 0) is 49.4 Å². The van der Waals surface area contributed by atoms with Crippen molar-refractivity contribution < 1.29 is 0 Å². The van der Waals surface area contributed by atoms with Crippen molar-refractivity contribution in [3.8, 4) is 0 Å². The van der Waals surface area contributed by atoms with E-state index in [2.05, 4.69) is 29.8 Å². The first-order chi connectivity index (χ1) is 7.63. The van der Waals surface area contributed by atoms with Gasteiger partial charge in [-0.25, -0.2) is 4.98 Å². The third-order valence-corrected chi connectivity index (χ3v) is 3.69. The van der Waals surface area contributed by atoms with E-state index in [-0.39, 0.29) is 0 Å². The fourth-order valence-electron chi connectivity index (χ4n) is 2.17. The van der Waals surface area contributed by atoms with Crippen molar-refractivity contribution >= 4 is 5.82 Å². The molecule has 3 heteroatoms. The predicted octanol–water partition coefficient (Wildman–Crippen LogP) is 1.96. The van der Waals surface area contributed by atoms with Crippen LogP contribution in [0.3, 0.4) is 0 Å². The second-order valence-corrected chi connectivity index (χ2v) is 5.19. The Kier molecular flexibility index (Phi) is 3.15. The van der Waals surface area contributed by atoms with Crippen LogP contribution in [-0.4, -0.2) is 24.6 Å². The first-order valence-corrected chi connectivity index (χ1v) is 6.01. The lowest BCUT2D eigenvalue weighted by molar-refractivity contribution is 0.258. The Morgan fingerprint density at radius 2 is 2.12 bits per heavy atom. The van der Waals surface area contributed by atoms with Gasteiger partial charge >= 0.3 is 0 Å². The molecule has 0 spiro atoms. The minimum atomic E-state index is 0.334. The molecule has 1 fully saturated rings. The molecule has 1 aliphatic rings. The minimum Gasteiger partial charge on any atom is -0.357 e. The van der Waals surface area contributed by atoms with E-state index in [1.165, 1.54) is 18.4 Å². The van der Waals surface area contributed by atoms with Crippen molar-refractivity contribution in [3.63, 3.8) is 0 Å². The third-order valence-electron chi connectivity index (χ3n) is 3.69. The Bertz CT molecular complexity index is 354. The normalized spacial score (nSPS) is 19.8. The van der Waals surface area contributed by atoms with Gasteiger partial charge in [-0.1, -0.05) is 6.92 Å². The molecule has 1 aromatic rings. The highest BCUT2D eigenvalue weighted by Gasteiger charge is 2.28. The number of piperidine rings is 1. The minimum absolute atomic E-state index is 0.334. The average molecular weight is 219 g/mol. The maximum Gasteiger partial charge on any atom is 0.128 e. The summed E-state index contributed by atoms with van der Waals surface area (Å²) in [5.41, 5.74) is 7.42. The number of nitrogens with two attached hydrogens (primary N) is 1. The summed E-state index contributed by atoms with van der Waals surface area (Å²) in [5, 5.41) is 0. The summed E-state index contributed by atoms with van der Waals surface area (Å²) in [5.74, 6) is 1.11. The lowest BCUT2D eigenvalue weighted by Crippen LogP contribution is -2.42. The van der Waals surface area contributed by atoms with Gasteiger partial charge in [0.2, 0.25) is 0 Å². The van der Waals surface area contributed by atoms with Crippen LogP contribution in [0.25, 0.3) is 0 Å². The molecule has 0 saturated carbocycles. The maximum atomic E-state index is 5.81. The van der Waals surface area contributed by atoms with Crippen molar-refractivity contribution in [1.82, 2.24) is 4.98 Å². The molecule has 0 aromatic carbocycles. The van der Waals surface area contributed by atoms with Crippen LogP contribution in [-0.2, 0) is 0 Å². The quantitative estimate of drug-likeness (QED) is 0.826. The molecule has 3 nitrogen and oxygen atoms in total. The molecular weight excluding hydrogens is 198 g/mol. The monoisotopic (exact) mass is 219 g/mol. The molecule has 16 heavy (non-hydrogen) atoms. The van der Waals surface area contributed by atoms with Crippen LogP contribution in [0.5, 0.6) is 0 Å². The van der Waals surface area contributed by atoms with Crippen LogP contribution in [0.15, 0.2) is 18.3 Å². The van der Waals surface area contributed by atoms with E-state index in [9.17, 15) is 0 Å².